The molecule has 126 valence electrons. The van der Waals surface area contributed by atoms with E-state index in [9.17, 15) is 4.79 Å². The lowest BCUT2D eigenvalue weighted by atomic mass is 9.94. The van der Waals surface area contributed by atoms with Crippen LogP contribution in [0.2, 0.25) is 0 Å². The second-order valence-electron chi connectivity index (χ2n) is 6.39. The van der Waals surface area contributed by atoms with Crippen molar-refractivity contribution in [1.82, 2.24) is 5.32 Å². The van der Waals surface area contributed by atoms with Crippen molar-refractivity contribution in [3.8, 4) is 11.5 Å². The Labute approximate surface area is 143 Å². The topological polar surface area (TPSA) is 50.4 Å². The van der Waals surface area contributed by atoms with Crippen molar-refractivity contribution in [1.29, 1.82) is 0 Å². The molecule has 1 saturated heterocycles. The van der Waals surface area contributed by atoms with Gasteiger partial charge in [0.25, 0.3) is 0 Å². The van der Waals surface area contributed by atoms with Crippen LogP contribution in [0, 0.1) is 12.8 Å². The van der Waals surface area contributed by atoms with Gasteiger partial charge in [-0.05, 0) is 75.2 Å². The van der Waals surface area contributed by atoms with E-state index >= 15 is 0 Å². The Morgan fingerprint density at radius 3 is 2.25 bits per heavy atom. The van der Waals surface area contributed by atoms with E-state index in [1.807, 2.05) is 55.5 Å². The first-order chi connectivity index (χ1) is 11.7. The molecule has 1 fully saturated rings. The zero-order valence-electron chi connectivity index (χ0n) is 14.0. The number of carbonyl (C=O) groups is 1. The van der Waals surface area contributed by atoms with E-state index in [0.717, 1.165) is 43.1 Å². The minimum atomic E-state index is 0.0918. The highest BCUT2D eigenvalue weighted by molar-refractivity contribution is 5.90. The normalized spacial score (nSPS) is 15.0. The van der Waals surface area contributed by atoms with Crippen LogP contribution in [0.25, 0.3) is 0 Å². The fourth-order valence-electron chi connectivity index (χ4n) is 2.91. The number of aryl methyl sites for hydroxylation is 1. The Bertz CT molecular complexity index is 659. The summed E-state index contributed by atoms with van der Waals surface area (Å²) in [6.45, 7) is 4.08. The highest BCUT2D eigenvalue weighted by Gasteiger charge is 2.16. The second-order valence-corrected chi connectivity index (χ2v) is 6.39. The molecule has 1 heterocycles. The summed E-state index contributed by atoms with van der Waals surface area (Å²) in [4.78, 5) is 12.1. The molecule has 0 atom stereocenters. The van der Waals surface area contributed by atoms with Crippen LogP contribution in [0.15, 0.2) is 48.5 Å². The van der Waals surface area contributed by atoms with E-state index in [0.29, 0.717) is 12.3 Å². The molecule has 24 heavy (non-hydrogen) atoms. The second kappa shape index (κ2) is 7.97. The Morgan fingerprint density at radius 1 is 1.04 bits per heavy atom. The van der Waals surface area contributed by atoms with Gasteiger partial charge in [-0.1, -0.05) is 17.7 Å². The number of hydrogen-bond acceptors (Lipinski definition) is 3. The number of anilines is 1. The van der Waals surface area contributed by atoms with Gasteiger partial charge in [0, 0.05) is 12.1 Å². The van der Waals surface area contributed by atoms with Crippen LogP contribution in [0.1, 0.15) is 24.8 Å². The summed E-state index contributed by atoms with van der Waals surface area (Å²) in [5, 5.41) is 6.29. The molecule has 3 rings (SSSR count). The average molecular weight is 324 g/mol. The highest BCUT2D eigenvalue weighted by atomic mass is 16.5. The molecule has 4 nitrogen and oxygen atoms in total. The maximum Gasteiger partial charge on any atom is 0.224 e. The molecule has 1 aliphatic heterocycles. The molecular formula is C20H24N2O2. The summed E-state index contributed by atoms with van der Waals surface area (Å²) in [5.74, 6) is 2.16. The van der Waals surface area contributed by atoms with Crippen LogP contribution in [-0.2, 0) is 4.79 Å². The number of benzene rings is 2. The summed E-state index contributed by atoms with van der Waals surface area (Å²) >= 11 is 0. The number of carbonyl (C=O) groups excluding carboxylic acids is 1. The predicted octanol–water partition coefficient (Wildman–Crippen LogP) is 4.12. The van der Waals surface area contributed by atoms with Gasteiger partial charge >= 0.3 is 0 Å². The lowest BCUT2D eigenvalue weighted by Gasteiger charge is -2.21. The molecule has 2 N–H and O–H groups in total. The lowest BCUT2D eigenvalue weighted by Crippen LogP contribution is -2.30. The van der Waals surface area contributed by atoms with E-state index in [1.165, 1.54) is 5.56 Å². The van der Waals surface area contributed by atoms with E-state index in [-0.39, 0.29) is 5.91 Å². The van der Waals surface area contributed by atoms with Gasteiger partial charge in [0.2, 0.25) is 5.91 Å². The van der Waals surface area contributed by atoms with Crippen LogP contribution in [0.3, 0.4) is 0 Å². The third-order valence-electron chi connectivity index (χ3n) is 4.33. The molecule has 2 aromatic carbocycles. The predicted molar refractivity (Wildman–Crippen MR) is 96.5 cm³/mol. The van der Waals surface area contributed by atoms with Gasteiger partial charge in [-0.25, -0.2) is 0 Å². The van der Waals surface area contributed by atoms with Gasteiger partial charge in [-0.3, -0.25) is 4.79 Å². The van der Waals surface area contributed by atoms with Crippen molar-refractivity contribution in [2.45, 2.75) is 26.2 Å². The summed E-state index contributed by atoms with van der Waals surface area (Å²) in [6, 6.07) is 15.4. The third-order valence-corrected chi connectivity index (χ3v) is 4.33. The Kier molecular flexibility index (Phi) is 5.49. The molecule has 2 aromatic rings. The number of hydrogen-bond donors (Lipinski definition) is 2. The van der Waals surface area contributed by atoms with Crippen LogP contribution in [0.5, 0.6) is 11.5 Å². The van der Waals surface area contributed by atoms with E-state index < -0.39 is 0 Å². The van der Waals surface area contributed by atoms with Gasteiger partial charge in [-0.2, -0.15) is 0 Å². The third kappa shape index (κ3) is 4.83. The largest absolute Gasteiger partial charge is 0.457 e. The lowest BCUT2D eigenvalue weighted by molar-refractivity contribution is -0.117. The smallest absolute Gasteiger partial charge is 0.224 e. The fourth-order valence-corrected chi connectivity index (χ4v) is 2.91. The number of nitrogens with one attached hydrogen (secondary N) is 2. The van der Waals surface area contributed by atoms with Crippen molar-refractivity contribution in [3.05, 3.63) is 54.1 Å². The van der Waals surface area contributed by atoms with Crippen LogP contribution >= 0.6 is 0 Å². The van der Waals surface area contributed by atoms with E-state index in [1.54, 1.807) is 0 Å². The molecule has 0 spiro atoms. The number of amides is 1. The van der Waals surface area contributed by atoms with Gasteiger partial charge in [-0.15, -0.1) is 0 Å². The summed E-state index contributed by atoms with van der Waals surface area (Å²) < 4.78 is 5.80. The first-order valence-electron chi connectivity index (χ1n) is 8.54. The molecule has 0 aromatic heterocycles. The Balaban J connectivity index is 1.52. The first-order valence-corrected chi connectivity index (χ1v) is 8.54. The Hall–Kier alpha value is -2.33. The summed E-state index contributed by atoms with van der Waals surface area (Å²) in [7, 11) is 0. The molecule has 0 unspecified atom stereocenters. The maximum atomic E-state index is 12.1. The minimum absolute atomic E-state index is 0.0918. The number of ether oxygens (including phenoxy) is 1. The van der Waals surface area contributed by atoms with E-state index in [4.69, 9.17) is 4.74 Å². The van der Waals surface area contributed by atoms with Crippen molar-refractivity contribution >= 4 is 11.6 Å². The van der Waals surface area contributed by atoms with Crippen molar-refractivity contribution < 1.29 is 9.53 Å². The number of piperidine rings is 1. The Morgan fingerprint density at radius 2 is 1.62 bits per heavy atom. The fraction of sp³-hybridized carbons (Fsp3) is 0.350. The quantitative estimate of drug-likeness (QED) is 0.870. The zero-order valence-corrected chi connectivity index (χ0v) is 14.0. The van der Waals surface area contributed by atoms with Gasteiger partial charge in [0.05, 0.1) is 0 Å². The number of rotatable bonds is 5. The highest BCUT2D eigenvalue weighted by Crippen LogP contribution is 2.24. The van der Waals surface area contributed by atoms with Gasteiger partial charge < -0.3 is 15.4 Å². The average Bonchev–Trinajstić information content (AvgIpc) is 2.59. The van der Waals surface area contributed by atoms with Crippen molar-refractivity contribution in [3.63, 3.8) is 0 Å². The molecule has 0 radical (unpaired) electrons. The SMILES string of the molecule is Cc1ccc(Oc2ccc(NC(=O)CC3CCNCC3)cc2)cc1. The summed E-state index contributed by atoms with van der Waals surface area (Å²) in [6.07, 6.45) is 2.76. The molecule has 1 aliphatic rings. The van der Waals surface area contributed by atoms with Crippen molar-refractivity contribution in [2.24, 2.45) is 5.92 Å². The zero-order chi connectivity index (χ0) is 16.8. The van der Waals surface area contributed by atoms with Crippen LogP contribution in [0.4, 0.5) is 5.69 Å². The molecule has 4 heteroatoms. The molecule has 0 bridgehead atoms. The van der Waals surface area contributed by atoms with Gasteiger partial charge in [0.15, 0.2) is 0 Å². The summed E-state index contributed by atoms with van der Waals surface area (Å²) in [5.41, 5.74) is 2.01. The van der Waals surface area contributed by atoms with Crippen LogP contribution in [-0.4, -0.2) is 19.0 Å². The molecule has 1 amide bonds. The van der Waals surface area contributed by atoms with Gasteiger partial charge in [0.1, 0.15) is 11.5 Å². The maximum absolute atomic E-state index is 12.1. The van der Waals surface area contributed by atoms with Crippen molar-refractivity contribution in [2.75, 3.05) is 18.4 Å². The first kappa shape index (κ1) is 16.5. The molecule has 0 aliphatic carbocycles. The molecule has 0 saturated carbocycles. The molecular weight excluding hydrogens is 300 g/mol. The van der Waals surface area contributed by atoms with Crippen LogP contribution < -0.4 is 15.4 Å². The van der Waals surface area contributed by atoms with E-state index in [2.05, 4.69) is 10.6 Å². The minimum Gasteiger partial charge on any atom is -0.457 e. The standard InChI is InChI=1S/C20H24N2O2/c1-15-2-6-18(7-3-15)24-19-8-4-17(5-9-19)22-20(23)14-16-10-12-21-13-11-16/h2-9,16,21H,10-14H2,1H3,(H,22,23). The monoisotopic (exact) mass is 324 g/mol.